The molecule has 3 rings (SSSR count). The zero-order valence-corrected chi connectivity index (χ0v) is 12.0. The number of carbonyl (C=O) groups excluding carboxylic acids is 1. The smallest absolute Gasteiger partial charge is 0.185 e. The van der Waals surface area contributed by atoms with E-state index in [1.807, 2.05) is 24.3 Å². The molecule has 0 amide bonds. The van der Waals surface area contributed by atoms with E-state index in [0.29, 0.717) is 12.8 Å². The number of hydrogen-bond acceptors (Lipinski definition) is 3. The fraction of sp³-hybridized carbons (Fsp3) is 0.105. The molecule has 0 aromatic heterocycles. The molecular weight excluding hydrogens is 276 g/mol. The average molecular weight is 292 g/mol. The van der Waals surface area contributed by atoms with Crippen molar-refractivity contribution in [3.63, 3.8) is 0 Å². The van der Waals surface area contributed by atoms with Crippen LogP contribution in [0.4, 0.5) is 0 Å². The van der Waals surface area contributed by atoms with E-state index >= 15 is 0 Å². The van der Waals surface area contributed by atoms with Gasteiger partial charge in [-0.3, -0.25) is 4.79 Å². The van der Waals surface area contributed by atoms with E-state index in [-0.39, 0.29) is 17.3 Å². The molecule has 0 heterocycles. The van der Waals surface area contributed by atoms with Crippen molar-refractivity contribution in [2.24, 2.45) is 0 Å². The van der Waals surface area contributed by atoms with Crippen LogP contribution in [-0.2, 0) is 4.79 Å². The van der Waals surface area contributed by atoms with Crippen molar-refractivity contribution < 1.29 is 15.0 Å². The fourth-order valence-corrected chi connectivity index (χ4v) is 2.61. The predicted molar refractivity (Wildman–Crippen MR) is 86.4 cm³/mol. The molecule has 2 aromatic rings. The molecule has 110 valence electrons. The molecule has 3 nitrogen and oxygen atoms in total. The number of ketones is 1. The Morgan fingerprint density at radius 3 is 1.64 bits per heavy atom. The van der Waals surface area contributed by atoms with Crippen LogP contribution in [0.5, 0.6) is 11.5 Å². The summed E-state index contributed by atoms with van der Waals surface area (Å²) in [6.45, 7) is 0. The topological polar surface area (TPSA) is 57.5 Å². The van der Waals surface area contributed by atoms with Crippen LogP contribution in [0.3, 0.4) is 0 Å². The highest BCUT2D eigenvalue weighted by molar-refractivity contribution is 6.15. The van der Waals surface area contributed by atoms with Crippen molar-refractivity contribution in [3.8, 4) is 11.5 Å². The van der Waals surface area contributed by atoms with Gasteiger partial charge in [-0.1, -0.05) is 24.3 Å². The van der Waals surface area contributed by atoms with E-state index in [4.69, 9.17) is 0 Å². The SMILES string of the molecule is O=C1/C(=C\c2cccc(O)c2)CC/C1=C\c1cccc(O)c1. The summed E-state index contributed by atoms with van der Waals surface area (Å²) in [5.41, 5.74) is 3.14. The fourth-order valence-electron chi connectivity index (χ4n) is 2.61. The van der Waals surface area contributed by atoms with Crippen molar-refractivity contribution in [2.45, 2.75) is 12.8 Å². The van der Waals surface area contributed by atoms with Crippen LogP contribution in [0, 0.1) is 0 Å². The number of Topliss-reactive ketones (excluding diaryl/α,β-unsaturated/α-hetero) is 1. The minimum atomic E-state index is 0.0340. The Kier molecular flexibility index (Phi) is 3.79. The molecule has 1 saturated carbocycles. The molecule has 2 aromatic carbocycles. The quantitative estimate of drug-likeness (QED) is 0.825. The van der Waals surface area contributed by atoms with Gasteiger partial charge >= 0.3 is 0 Å². The van der Waals surface area contributed by atoms with Crippen LogP contribution in [0.25, 0.3) is 12.2 Å². The van der Waals surface area contributed by atoms with Crippen molar-refractivity contribution in [3.05, 3.63) is 70.8 Å². The third kappa shape index (κ3) is 3.09. The molecule has 0 bridgehead atoms. The second kappa shape index (κ2) is 5.90. The Morgan fingerprint density at radius 1 is 0.773 bits per heavy atom. The maximum atomic E-state index is 12.4. The summed E-state index contributed by atoms with van der Waals surface area (Å²) < 4.78 is 0. The normalized spacial score (nSPS) is 18.3. The van der Waals surface area contributed by atoms with E-state index < -0.39 is 0 Å². The van der Waals surface area contributed by atoms with Crippen LogP contribution >= 0.6 is 0 Å². The van der Waals surface area contributed by atoms with Gasteiger partial charge in [0.25, 0.3) is 0 Å². The summed E-state index contributed by atoms with van der Waals surface area (Å²) in [7, 11) is 0. The van der Waals surface area contributed by atoms with Crippen molar-refractivity contribution in [2.75, 3.05) is 0 Å². The molecule has 0 aliphatic heterocycles. The summed E-state index contributed by atoms with van der Waals surface area (Å²) >= 11 is 0. The maximum Gasteiger partial charge on any atom is 0.185 e. The van der Waals surface area contributed by atoms with Gasteiger partial charge in [-0.15, -0.1) is 0 Å². The second-order valence-electron chi connectivity index (χ2n) is 5.36. The molecule has 3 heteroatoms. The molecule has 0 spiro atoms. The van der Waals surface area contributed by atoms with Gasteiger partial charge in [0, 0.05) is 11.1 Å². The third-order valence-corrected chi connectivity index (χ3v) is 3.67. The van der Waals surface area contributed by atoms with Crippen LogP contribution in [-0.4, -0.2) is 16.0 Å². The van der Waals surface area contributed by atoms with Gasteiger partial charge in [0.2, 0.25) is 0 Å². The first kappa shape index (κ1) is 14.1. The van der Waals surface area contributed by atoms with Crippen LogP contribution in [0.15, 0.2) is 59.7 Å². The summed E-state index contributed by atoms with van der Waals surface area (Å²) in [6, 6.07) is 13.7. The lowest BCUT2D eigenvalue weighted by molar-refractivity contribution is -0.111. The van der Waals surface area contributed by atoms with Gasteiger partial charge in [-0.05, 0) is 60.4 Å². The Hall–Kier alpha value is -2.81. The van der Waals surface area contributed by atoms with Gasteiger partial charge in [0.15, 0.2) is 5.78 Å². The summed E-state index contributed by atoms with van der Waals surface area (Å²) in [5.74, 6) is 0.414. The summed E-state index contributed by atoms with van der Waals surface area (Å²) in [5, 5.41) is 19.0. The minimum Gasteiger partial charge on any atom is -0.508 e. The van der Waals surface area contributed by atoms with E-state index in [1.54, 1.807) is 36.4 Å². The first-order valence-corrected chi connectivity index (χ1v) is 7.16. The van der Waals surface area contributed by atoms with Crippen LogP contribution < -0.4 is 0 Å². The number of phenols is 2. The Labute approximate surface area is 128 Å². The monoisotopic (exact) mass is 292 g/mol. The lowest BCUT2D eigenvalue weighted by Crippen LogP contribution is -1.95. The zero-order chi connectivity index (χ0) is 15.5. The predicted octanol–water partition coefficient (Wildman–Crippen LogP) is 3.93. The number of allylic oxidation sites excluding steroid dienone is 2. The number of aromatic hydroxyl groups is 2. The highest BCUT2D eigenvalue weighted by atomic mass is 16.3. The summed E-state index contributed by atoms with van der Waals surface area (Å²) in [6.07, 6.45) is 5.04. The maximum absolute atomic E-state index is 12.4. The van der Waals surface area contributed by atoms with E-state index in [1.165, 1.54) is 0 Å². The number of rotatable bonds is 2. The first-order chi connectivity index (χ1) is 10.6. The van der Waals surface area contributed by atoms with Gasteiger partial charge in [0.05, 0.1) is 0 Å². The highest BCUT2D eigenvalue weighted by Gasteiger charge is 2.22. The number of benzene rings is 2. The largest absolute Gasteiger partial charge is 0.508 e. The van der Waals surface area contributed by atoms with E-state index in [0.717, 1.165) is 22.3 Å². The molecule has 2 N–H and O–H groups in total. The van der Waals surface area contributed by atoms with Crippen LogP contribution in [0.2, 0.25) is 0 Å². The molecule has 0 radical (unpaired) electrons. The van der Waals surface area contributed by atoms with Gasteiger partial charge < -0.3 is 10.2 Å². The van der Waals surface area contributed by atoms with E-state index in [2.05, 4.69) is 0 Å². The van der Waals surface area contributed by atoms with Crippen molar-refractivity contribution in [1.82, 2.24) is 0 Å². The summed E-state index contributed by atoms with van der Waals surface area (Å²) in [4.78, 5) is 12.4. The molecule has 0 unspecified atom stereocenters. The Balaban J connectivity index is 1.86. The van der Waals surface area contributed by atoms with Gasteiger partial charge in [-0.2, -0.15) is 0 Å². The molecule has 22 heavy (non-hydrogen) atoms. The van der Waals surface area contributed by atoms with Crippen molar-refractivity contribution in [1.29, 1.82) is 0 Å². The number of phenolic OH excluding ortho intramolecular Hbond substituents is 2. The minimum absolute atomic E-state index is 0.0340. The van der Waals surface area contributed by atoms with Gasteiger partial charge in [-0.25, -0.2) is 0 Å². The lowest BCUT2D eigenvalue weighted by Gasteiger charge is -1.99. The van der Waals surface area contributed by atoms with Crippen LogP contribution in [0.1, 0.15) is 24.0 Å². The molecular formula is C19H16O3. The lowest BCUT2D eigenvalue weighted by atomic mass is 10.1. The Morgan fingerprint density at radius 2 is 1.23 bits per heavy atom. The molecule has 0 saturated heterocycles. The number of carbonyl (C=O) groups is 1. The first-order valence-electron chi connectivity index (χ1n) is 7.16. The van der Waals surface area contributed by atoms with E-state index in [9.17, 15) is 15.0 Å². The molecule has 1 aliphatic carbocycles. The third-order valence-electron chi connectivity index (χ3n) is 3.67. The molecule has 1 fully saturated rings. The van der Waals surface area contributed by atoms with Gasteiger partial charge in [0.1, 0.15) is 11.5 Å². The average Bonchev–Trinajstić information content (AvgIpc) is 2.80. The standard InChI is InChI=1S/C19H16O3/c20-17-5-1-3-13(11-17)9-15-7-8-16(19(15)22)10-14-4-2-6-18(21)12-14/h1-6,9-12,20-21H,7-8H2/b15-9-,16-10+. The van der Waals surface area contributed by atoms with Crippen molar-refractivity contribution >= 4 is 17.9 Å². The second-order valence-corrected chi connectivity index (χ2v) is 5.36. The zero-order valence-electron chi connectivity index (χ0n) is 12.0. The Bertz CT molecular complexity index is 719. The highest BCUT2D eigenvalue weighted by Crippen LogP contribution is 2.30. The number of hydrogen-bond donors (Lipinski definition) is 2. The molecule has 1 aliphatic rings. The molecule has 0 atom stereocenters.